The van der Waals surface area contributed by atoms with Gasteiger partial charge in [0.15, 0.2) is 5.75 Å². The van der Waals surface area contributed by atoms with Crippen LogP contribution in [0.2, 0.25) is 0 Å². The molecule has 0 aliphatic carbocycles. The lowest BCUT2D eigenvalue weighted by Crippen LogP contribution is -2.42. The number of halogens is 4. The Hall–Kier alpha value is -0.860. The van der Waals surface area contributed by atoms with E-state index in [1.54, 1.807) is 0 Å². The molecule has 0 aromatic carbocycles. The maximum absolute atomic E-state index is 12.2. The number of ether oxygens (including phenoxy) is 1. The average molecular weight is 302 g/mol. The van der Waals surface area contributed by atoms with Crippen LogP contribution in [0, 0.1) is 0 Å². The average Bonchev–Trinajstić information content (AvgIpc) is 2.15. The van der Waals surface area contributed by atoms with Gasteiger partial charge in [-0.15, -0.1) is 0 Å². The molecular weight excluding hydrogens is 295 g/mol. The van der Waals surface area contributed by atoms with E-state index >= 15 is 0 Å². The summed E-state index contributed by atoms with van der Waals surface area (Å²) in [6.45, 7) is 0. The molecule has 0 saturated carbocycles. The van der Waals surface area contributed by atoms with E-state index in [2.05, 4.69) is 20.9 Å². The summed E-state index contributed by atoms with van der Waals surface area (Å²) in [4.78, 5) is 3.27. The fraction of sp³-hybridized carbons (Fsp3) is 0.375. The van der Waals surface area contributed by atoms with Gasteiger partial charge in [-0.1, -0.05) is 0 Å². The van der Waals surface area contributed by atoms with Gasteiger partial charge in [0.25, 0.3) is 0 Å². The van der Waals surface area contributed by atoms with Crippen molar-refractivity contribution in [1.82, 2.24) is 4.98 Å². The van der Waals surface area contributed by atoms with Crippen LogP contribution in [0.5, 0.6) is 5.75 Å². The fourth-order valence-corrected chi connectivity index (χ4v) is 1.39. The van der Waals surface area contributed by atoms with Gasteiger partial charge in [-0.05, 0) is 22.0 Å². The fourth-order valence-electron chi connectivity index (χ4n) is 0.904. The van der Waals surface area contributed by atoms with E-state index < -0.39 is 17.7 Å². The zero-order valence-corrected chi connectivity index (χ0v) is 9.50. The summed E-state index contributed by atoms with van der Waals surface area (Å²) in [7, 11) is 1.30. The van der Waals surface area contributed by atoms with Crippen LogP contribution in [-0.2, 0) is 5.79 Å². The van der Waals surface area contributed by atoms with Crippen molar-refractivity contribution >= 4 is 15.9 Å². The van der Waals surface area contributed by atoms with Gasteiger partial charge in [-0.3, -0.25) is 4.98 Å². The van der Waals surface area contributed by atoms with Crippen molar-refractivity contribution in [3.8, 4) is 5.75 Å². The monoisotopic (exact) mass is 301 g/mol. The largest absolute Gasteiger partial charge is 0.494 e. The lowest BCUT2D eigenvalue weighted by Gasteiger charge is -2.23. The van der Waals surface area contributed by atoms with Gasteiger partial charge in [0.05, 0.1) is 17.8 Å². The quantitative estimate of drug-likeness (QED) is 0.814. The predicted octanol–water partition coefficient (Wildman–Crippen LogP) is 1.55. The molecule has 0 atom stereocenters. The van der Waals surface area contributed by atoms with Gasteiger partial charge in [0, 0.05) is 0 Å². The van der Waals surface area contributed by atoms with Crippen molar-refractivity contribution in [3.63, 3.8) is 0 Å². The molecule has 1 aromatic rings. The molecule has 4 nitrogen and oxygen atoms in total. The van der Waals surface area contributed by atoms with E-state index in [1.807, 2.05) is 0 Å². The number of aromatic nitrogens is 1. The molecule has 0 bridgehead atoms. The van der Waals surface area contributed by atoms with Gasteiger partial charge in [0.2, 0.25) is 0 Å². The molecule has 0 radical (unpaired) electrons. The number of nitrogens with zero attached hydrogens (tertiary/aromatic N) is 1. The summed E-state index contributed by atoms with van der Waals surface area (Å²) >= 11 is 2.91. The molecule has 16 heavy (non-hydrogen) atoms. The zero-order chi connectivity index (χ0) is 12.6. The zero-order valence-electron chi connectivity index (χ0n) is 7.92. The van der Waals surface area contributed by atoms with Crippen LogP contribution in [0.4, 0.5) is 13.2 Å². The van der Waals surface area contributed by atoms with Crippen LogP contribution in [0.1, 0.15) is 5.69 Å². The second-order valence-corrected chi connectivity index (χ2v) is 3.73. The van der Waals surface area contributed by atoms with Crippen LogP contribution < -0.4 is 4.74 Å². The van der Waals surface area contributed by atoms with Crippen molar-refractivity contribution in [1.29, 1.82) is 0 Å². The lowest BCUT2D eigenvalue weighted by molar-refractivity contribution is -0.360. The molecule has 2 N–H and O–H groups in total. The van der Waals surface area contributed by atoms with E-state index in [1.165, 1.54) is 7.11 Å². The van der Waals surface area contributed by atoms with Crippen LogP contribution in [0.25, 0.3) is 0 Å². The van der Waals surface area contributed by atoms with Gasteiger partial charge < -0.3 is 14.9 Å². The minimum absolute atomic E-state index is 0.136. The molecule has 0 saturated heterocycles. The Kier molecular flexibility index (Phi) is 3.46. The second kappa shape index (κ2) is 4.19. The third-order valence-corrected chi connectivity index (χ3v) is 2.41. The Morgan fingerprint density at radius 3 is 2.31 bits per heavy atom. The number of pyridine rings is 1. The normalized spacial score (nSPS) is 12.7. The Morgan fingerprint density at radius 2 is 1.94 bits per heavy atom. The minimum atomic E-state index is -5.23. The summed E-state index contributed by atoms with van der Waals surface area (Å²) < 4.78 is 41.6. The molecule has 0 unspecified atom stereocenters. The maximum Gasteiger partial charge on any atom is 0.449 e. The SMILES string of the molecule is COc1cnc(C(O)(O)C(F)(F)F)cc1Br. The number of hydrogen-bond acceptors (Lipinski definition) is 4. The molecule has 1 heterocycles. The first-order valence-corrected chi connectivity index (χ1v) is 4.71. The highest BCUT2D eigenvalue weighted by Gasteiger charge is 2.55. The number of methoxy groups -OCH3 is 1. The van der Waals surface area contributed by atoms with Gasteiger partial charge in [-0.2, -0.15) is 13.2 Å². The molecule has 1 rings (SSSR count). The van der Waals surface area contributed by atoms with Crippen molar-refractivity contribution in [2.75, 3.05) is 7.11 Å². The highest BCUT2D eigenvalue weighted by molar-refractivity contribution is 9.10. The summed E-state index contributed by atoms with van der Waals surface area (Å²) in [6, 6.07) is 0.826. The standard InChI is InChI=1S/C8H7BrF3NO3/c1-16-5-3-13-6(2-4(5)9)7(14,15)8(10,11)12/h2-3,14-15H,1H3. The highest BCUT2D eigenvalue weighted by atomic mass is 79.9. The van der Waals surface area contributed by atoms with Crippen molar-refractivity contribution < 1.29 is 28.1 Å². The van der Waals surface area contributed by atoms with Gasteiger partial charge in [0.1, 0.15) is 5.69 Å². The molecule has 0 aliphatic heterocycles. The molecule has 90 valence electrons. The first kappa shape index (κ1) is 13.2. The maximum atomic E-state index is 12.2. The van der Waals surface area contributed by atoms with Gasteiger partial charge in [-0.25, -0.2) is 0 Å². The summed E-state index contributed by atoms with van der Waals surface area (Å²) in [6.07, 6.45) is -4.28. The predicted molar refractivity (Wildman–Crippen MR) is 50.7 cm³/mol. The van der Waals surface area contributed by atoms with Crippen molar-refractivity contribution in [2.45, 2.75) is 12.0 Å². The molecule has 0 spiro atoms. The van der Waals surface area contributed by atoms with Crippen molar-refractivity contribution in [3.05, 3.63) is 22.4 Å². The third-order valence-electron chi connectivity index (χ3n) is 1.79. The highest BCUT2D eigenvalue weighted by Crippen LogP contribution is 2.37. The molecule has 0 amide bonds. The molecular formula is C8H7BrF3NO3. The van der Waals surface area contributed by atoms with E-state index in [4.69, 9.17) is 14.9 Å². The smallest absolute Gasteiger partial charge is 0.449 e. The summed E-state index contributed by atoms with van der Waals surface area (Å²) in [5, 5.41) is 17.8. The first-order chi connectivity index (χ1) is 7.20. The summed E-state index contributed by atoms with van der Waals surface area (Å²) in [5.74, 6) is -3.80. The van der Waals surface area contributed by atoms with Crippen LogP contribution in [0.15, 0.2) is 16.7 Å². The Balaban J connectivity index is 3.20. The molecule has 8 heteroatoms. The number of hydrogen-bond donors (Lipinski definition) is 2. The third kappa shape index (κ3) is 2.28. The van der Waals surface area contributed by atoms with E-state index in [0.717, 1.165) is 12.3 Å². The lowest BCUT2D eigenvalue weighted by atomic mass is 10.1. The number of alkyl halides is 3. The molecule has 0 aliphatic rings. The summed E-state index contributed by atoms with van der Waals surface area (Å²) in [5.41, 5.74) is -0.937. The van der Waals surface area contributed by atoms with Crippen LogP contribution >= 0.6 is 15.9 Å². The van der Waals surface area contributed by atoms with Crippen molar-refractivity contribution in [2.24, 2.45) is 0 Å². The number of rotatable bonds is 2. The van der Waals surface area contributed by atoms with Crippen LogP contribution in [0.3, 0.4) is 0 Å². The van der Waals surface area contributed by atoms with Crippen LogP contribution in [-0.4, -0.2) is 28.5 Å². The molecule has 1 aromatic heterocycles. The minimum Gasteiger partial charge on any atom is -0.494 e. The van der Waals surface area contributed by atoms with Gasteiger partial charge >= 0.3 is 12.0 Å². The first-order valence-electron chi connectivity index (χ1n) is 3.91. The second-order valence-electron chi connectivity index (χ2n) is 2.87. The Morgan fingerprint density at radius 1 is 1.38 bits per heavy atom. The van der Waals surface area contributed by atoms with E-state index in [-0.39, 0.29) is 10.2 Å². The topological polar surface area (TPSA) is 62.6 Å². The number of aliphatic hydroxyl groups is 2. The van der Waals surface area contributed by atoms with E-state index in [9.17, 15) is 13.2 Å². The molecule has 0 fully saturated rings. The Bertz CT molecular complexity index is 395. The Labute approximate surface area is 96.8 Å². The van der Waals surface area contributed by atoms with E-state index in [0.29, 0.717) is 0 Å².